The van der Waals surface area contributed by atoms with Crippen LogP contribution in [0.15, 0.2) is 0 Å². The van der Waals surface area contributed by atoms with E-state index in [9.17, 15) is 10.2 Å². The molecule has 0 fully saturated rings. The van der Waals surface area contributed by atoms with E-state index in [1.807, 2.05) is 6.92 Å². The van der Waals surface area contributed by atoms with Crippen LogP contribution < -0.4 is 5.73 Å². The molecular weight excluding hydrogens is 242 g/mol. The molecule has 4 N–H and O–H groups in total. The lowest BCUT2D eigenvalue weighted by Gasteiger charge is -2.51. The van der Waals surface area contributed by atoms with Crippen molar-refractivity contribution in [2.45, 2.75) is 78.5 Å². The van der Waals surface area contributed by atoms with Crippen molar-refractivity contribution in [3.63, 3.8) is 0 Å². The Labute approximate surface area is 118 Å². The summed E-state index contributed by atoms with van der Waals surface area (Å²) in [6.07, 6.45) is -0.0242. The van der Waals surface area contributed by atoms with Gasteiger partial charge in [-0.05, 0) is 39.8 Å². The molecule has 0 aromatic carbocycles. The maximum Gasteiger partial charge on any atom is 0.108 e. The number of aliphatic hydroxyl groups excluding tert-OH is 2. The molecule has 0 heterocycles. The Morgan fingerprint density at radius 1 is 1.00 bits per heavy atom. The van der Waals surface area contributed by atoms with Crippen molar-refractivity contribution in [3.8, 4) is 0 Å². The molecule has 0 bridgehead atoms. The lowest BCUT2D eigenvalue weighted by atomic mass is 9.91. The fraction of sp³-hybridized carbons (Fsp3) is 1.00. The van der Waals surface area contributed by atoms with Gasteiger partial charge in [-0.3, -0.25) is 4.90 Å². The van der Waals surface area contributed by atoms with Gasteiger partial charge in [-0.1, -0.05) is 27.7 Å². The van der Waals surface area contributed by atoms with E-state index in [1.54, 1.807) is 18.7 Å². The Morgan fingerprint density at radius 2 is 1.42 bits per heavy atom. The van der Waals surface area contributed by atoms with Gasteiger partial charge in [-0.25, -0.2) is 4.90 Å². The summed E-state index contributed by atoms with van der Waals surface area (Å²) in [6.45, 7) is 13.4. The molecule has 5 nitrogen and oxygen atoms in total. The minimum atomic E-state index is -0.783. The first-order valence-corrected chi connectivity index (χ1v) is 7.47. The molecule has 0 aromatic rings. The predicted molar refractivity (Wildman–Crippen MR) is 79.4 cm³/mol. The Bertz CT molecular complexity index is 237. The van der Waals surface area contributed by atoms with Gasteiger partial charge < -0.3 is 15.9 Å². The van der Waals surface area contributed by atoms with E-state index in [1.165, 1.54) is 0 Å². The van der Waals surface area contributed by atoms with Gasteiger partial charge in [-0.2, -0.15) is 0 Å². The Balaban J connectivity index is 5.50. The topological polar surface area (TPSA) is 73.0 Å². The average molecular weight is 275 g/mol. The molecule has 0 aliphatic heterocycles. The van der Waals surface area contributed by atoms with Crippen LogP contribution in [0.5, 0.6) is 0 Å². The van der Waals surface area contributed by atoms with Crippen LogP contribution in [0.4, 0.5) is 0 Å². The summed E-state index contributed by atoms with van der Waals surface area (Å²) < 4.78 is 0. The van der Waals surface area contributed by atoms with E-state index >= 15 is 0 Å². The molecule has 0 rings (SSSR count). The maximum absolute atomic E-state index is 9.99. The molecule has 19 heavy (non-hydrogen) atoms. The molecule has 0 aliphatic carbocycles. The summed E-state index contributed by atoms with van der Waals surface area (Å²) in [4.78, 5) is 3.90. The van der Waals surface area contributed by atoms with E-state index in [0.29, 0.717) is 6.42 Å². The number of rotatable bonds is 9. The summed E-state index contributed by atoms with van der Waals surface area (Å²) in [5.41, 5.74) is 5.87. The van der Waals surface area contributed by atoms with Crippen molar-refractivity contribution in [1.82, 2.24) is 9.80 Å². The van der Waals surface area contributed by atoms with Crippen LogP contribution >= 0.6 is 0 Å². The van der Waals surface area contributed by atoms with Crippen molar-refractivity contribution < 1.29 is 10.2 Å². The summed E-state index contributed by atoms with van der Waals surface area (Å²) in [7, 11) is 0. The number of nitrogens with two attached hydrogens (primary N) is 1. The highest BCUT2D eigenvalue weighted by atomic mass is 16.3. The Hall–Kier alpha value is -0.200. The van der Waals surface area contributed by atoms with Crippen molar-refractivity contribution >= 4 is 0 Å². The van der Waals surface area contributed by atoms with Gasteiger partial charge in [-0.15, -0.1) is 0 Å². The van der Waals surface area contributed by atoms with Crippen molar-refractivity contribution in [2.75, 3.05) is 13.1 Å². The van der Waals surface area contributed by atoms with Crippen LogP contribution in [0.2, 0.25) is 0 Å². The van der Waals surface area contributed by atoms with E-state index < -0.39 is 18.1 Å². The third-order valence-electron chi connectivity index (χ3n) is 4.07. The van der Waals surface area contributed by atoms with Gasteiger partial charge in [0, 0.05) is 6.04 Å². The number of hydrogen-bond acceptors (Lipinski definition) is 5. The highest BCUT2D eigenvalue weighted by Gasteiger charge is 2.44. The standard InChI is InChI=1S/C14H33N3O2/c1-7-13(16(9-3)10-4)14(15,8-2)17(11(5)18)12(6)19/h11-13,18-19H,7-10,15H2,1-6H3. The van der Waals surface area contributed by atoms with Crippen LogP contribution in [0.1, 0.15) is 54.4 Å². The fourth-order valence-corrected chi connectivity index (χ4v) is 3.19. The third-order valence-corrected chi connectivity index (χ3v) is 4.07. The number of nitrogens with zero attached hydrogens (tertiary/aromatic N) is 2. The van der Waals surface area contributed by atoms with E-state index in [0.717, 1.165) is 19.5 Å². The number of hydrogen-bond donors (Lipinski definition) is 3. The molecule has 5 heteroatoms. The van der Waals surface area contributed by atoms with Crippen molar-refractivity contribution in [2.24, 2.45) is 5.73 Å². The van der Waals surface area contributed by atoms with Gasteiger partial charge in [0.2, 0.25) is 0 Å². The molecule has 4 atom stereocenters. The van der Waals surface area contributed by atoms with Crippen molar-refractivity contribution in [3.05, 3.63) is 0 Å². The first-order valence-electron chi connectivity index (χ1n) is 7.47. The normalized spacial score (nSPS) is 20.4. The van der Waals surface area contributed by atoms with Crippen LogP contribution in [-0.2, 0) is 0 Å². The average Bonchev–Trinajstić information content (AvgIpc) is 2.34. The Morgan fingerprint density at radius 3 is 1.63 bits per heavy atom. The minimum Gasteiger partial charge on any atom is -0.379 e. The van der Waals surface area contributed by atoms with Gasteiger partial charge in [0.15, 0.2) is 0 Å². The number of aliphatic hydroxyl groups is 2. The molecular formula is C14H33N3O2. The smallest absolute Gasteiger partial charge is 0.108 e. The van der Waals surface area contributed by atoms with Crippen LogP contribution in [0.3, 0.4) is 0 Å². The monoisotopic (exact) mass is 275 g/mol. The Kier molecular flexibility index (Phi) is 8.08. The molecule has 0 saturated heterocycles. The highest BCUT2D eigenvalue weighted by molar-refractivity contribution is 4.96. The fourth-order valence-electron chi connectivity index (χ4n) is 3.19. The summed E-state index contributed by atoms with van der Waals surface area (Å²) in [5.74, 6) is 0. The second kappa shape index (κ2) is 8.17. The quantitative estimate of drug-likeness (QED) is 0.551. The second-order valence-electron chi connectivity index (χ2n) is 5.16. The van der Waals surface area contributed by atoms with Gasteiger partial charge in [0.25, 0.3) is 0 Å². The summed E-state index contributed by atoms with van der Waals surface area (Å²) in [6, 6.07) is 0.0942. The first-order chi connectivity index (χ1) is 8.79. The molecule has 116 valence electrons. The zero-order valence-electron chi connectivity index (χ0n) is 13.4. The zero-order valence-corrected chi connectivity index (χ0v) is 13.4. The van der Waals surface area contributed by atoms with E-state index in [2.05, 4.69) is 25.7 Å². The molecule has 0 saturated carbocycles. The second-order valence-corrected chi connectivity index (χ2v) is 5.16. The molecule has 0 radical (unpaired) electrons. The third kappa shape index (κ3) is 4.13. The largest absolute Gasteiger partial charge is 0.379 e. The lowest BCUT2D eigenvalue weighted by molar-refractivity contribution is -0.167. The SMILES string of the molecule is CCC(N(CC)CC)C(N)(CC)N(C(C)O)C(C)O. The van der Waals surface area contributed by atoms with Crippen molar-refractivity contribution in [1.29, 1.82) is 0 Å². The summed E-state index contributed by atoms with van der Waals surface area (Å²) >= 11 is 0. The van der Waals surface area contributed by atoms with Gasteiger partial charge in [0.05, 0.1) is 5.66 Å². The zero-order chi connectivity index (χ0) is 15.2. The predicted octanol–water partition coefficient (Wildman–Crippen LogP) is 1.15. The van der Waals surface area contributed by atoms with Gasteiger partial charge >= 0.3 is 0 Å². The highest BCUT2D eigenvalue weighted by Crippen LogP contribution is 2.28. The first kappa shape index (κ1) is 18.8. The van der Waals surface area contributed by atoms with Gasteiger partial charge in [0.1, 0.15) is 12.5 Å². The van der Waals surface area contributed by atoms with Crippen LogP contribution in [0, 0.1) is 0 Å². The van der Waals surface area contributed by atoms with Crippen LogP contribution in [-0.4, -0.2) is 57.3 Å². The van der Waals surface area contributed by atoms with E-state index in [4.69, 9.17) is 5.73 Å². The van der Waals surface area contributed by atoms with E-state index in [-0.39, 0.29) is 6.04 Å². The molecule has 0 aromatic heterocycles. The molecule has 0 amide bonds. The lowest BCUT2D eigenvalue weighted by Crippen LogP contribution is -2.71. The number of likely N-dealkylation sites (N-methyl/N-ethyl adjacent to an activating group) is 1. The minimum absolute atomic E-state index is 0.0942. The maximum atomic E-state index is 9.99. The molecule has 4 unspecified atom stereocenters. The van der Waals surface area contributed by atoms with Crippen LogP contribution in [0.25, 0.3) is 0 Å². The molecule has 0 aliphatic rings. The summed E-state index contributed by atoms with van der Waals surface area (Å²) in [5, 5.41) is 20.0. The molecule has 0 spiro atoms.